The van der Waals surface area contributed by atoms with Crippen molar-refractivity contribution in [1.29, 1.82) is 0 Å². The van der Waals surface area contributed by atoms with Crippen LogP contribution in [-0.4, -0.2) is 26.1 Å². The van der Waals surface area contributed by atoms with E-state index < -0.39 is 0 Å². The van der Waals surface area contributed by atoms with E-state index in [2.05, 4.69) is 58.8 Å². The van der Waals surface area contributed by atoms with Gasteiger partial charge in [0.15, 0.2) is 6.33 Å². The highest BCUT2D eigenvalue weighted by Crippen LogP contribution is 2.64. The highest BCUT2D eigenvalue weighted by molar-refractivity contribution is 5.95. The largest absolute Gasteiger partial charge is 0.326 e. The molecule has 1 aromatic heterocycles. The van der Waals surface area contributed by atoms with Crippen molar-refractivity contribution >= 4 is 11.6 Å². The van der Waals surface area contributed by atoms with Crippen molar-refractivity contribution in [2.45, 2.75) is 70.3 Å². The molecule has 6 rings (SSSR count). The number of aromatic nitrogens is 4. The zero-order chi connectivity index (χ0) is 19.4. The fourth-order valence-corrected chi connectivity index (χ4v) is 6.49. The van der Waals surface area contributed by atoms with Crippen LogP contribution in [-0.2, 0) is 10.3 Å². The van der Waals surface area contributed by atoms with E-state index in [0.717, 1.165) is 44.2 Å². The van der Waals surface area contributed by atoms with Crippen LogP contribution in [0.2, 0.25) is 0 Å². The van der Waals surface area contributed by atoms with Gasteiger partial charge in [0.05, 0.1) is 11.0 Å². The van der Waals surface area contributed by atoms with E-state index in [9.17, 15) is 4.79 Å². The van der Waals surface area contributed by atoms with Gasteiger partial charge in [-0.25, -0.2) is 0 Å². The molecule has 6 heteroatoms. The molecule has 2 aromatic rings. The number of nitrogens with one attached hydrogen (secondary N) is 1. The first-order chi connectivity index (χ1) is 13.5. The molecule has 4 aliphatic rings. The number of hydrogen-bond donors (Lipinski definition) is 1. The minimum atomic E-state index is -0.299. The predicted octanol–water partition coefficient (Wildman–Crippen LogP) is 4.12. The number of nitrogens with zero attached hydrogens (tertiary/aromatic N) is 4. The van der Waals surface area contributed by atoms with Crippen molar-refractivity contribution in [3.63, 3.8) is 0 Å². The molecule has 4 aliphatic carbocycles. The Morgan fingerprint density at radius 3 is 2.54 bits per heavy atom. The van der Waals surface area contributed by atoms with Crippen LogP contribution < -0.4 is 5.32 Å². The van der Waals surface area contributed by atoms with Crippen molar-refractivity contribution in [3.8, 4) is 0 Å². The molecule has 0 aliphatic heterocycles. The molecule has 1 amide bonds. The Labute approximate surface area is 166 Å². The number of benzene rings is 1. The van der Waals surface area contributed by atoms with Crippen molar-refractivity contribution < 1.29 is 4.79 Å². The maximum atomic E-state index is 13.5. The standard InChI is InChI=1S/C22H29N5O/c1-3-15(2)18-4-6-19(7-5-18)25-20(28)21-9-16-8-17(10-21)12-22(11-16,13-21)27-24-14-23-26-27/h4-7,14-17H,3,8-13H2,1-2H3,(H,25,28)/t15-,16-,17-,21?,22?/m0/s1. The number of rotatable bonds is 5. The second-order valence-electron chi connectivity index (χ2n) is 9.58. The third kappa shape index (κ3) is 2.76. The second kappa shape index (κ2) is 6.39. The highest BCUT2D eigenvalue weighted by atomic mass is 16.2. The lowest BCUT2D eigenvalue weighted by atomic mass is 9.46. The normalized spacial score (nSPS) is 34.4. The van der Waals surface area contributed by atoms with Gasteiger partial charge in [-0.2, -0.15) is 4.80 Å². The average Bonchev–Trinajstić information content (AvgIpc) is 3.23. The van der Waals surface area contributed by atoms with Crippen molar-refractivity contribution in [2.24, 2.45) is 17.3 Å². The van der Waals surface area contributed by atoms with Gasteiger partial charge < -0.3 is 5.32 Å². The van der Waals surface area contributed by atoms with Crippen LogP contribution in [0.15, 0.2) is 30.6 Å². The van der Waals surface area contributed by atoms with Gasteiger partial charge in [-0.15, -0.1) is 10.2 Å². The van der Waals surface area contributed by atoms with Gasteiger partial charge in [0.2, 0.25) is 5.91 Å². The topological polar surface area (TPSA) is 72.7 Å². The summed E-state index contributed by atoms with van der Waals surface area (Å²) in [5.74, 6) is 1.90. The summed E-state index contributed by atoms with van der Waals surface area (Å²) in [6.07, 6.45) is 8.87. The quantitative estimate of drug-likeness (QED) is 0.848. The molecule has 3 atom stereocenters. The fraction of sp³-hybridized carbons (Fsp3) is 0.636. The fourth-order valence-electron chi connectivity index (χ4n) is 6.49. The van der Waals surface area contributed by atoms with Crippen molar-refractivity contribution in [3.05, 3.63) is 36.2 Å². The van der Waals surface area contributed by atoms with E-state index >= 15 is 0 Å². The monoisotopic (exact) mass is 379 g/mol. The molecular formula is C22H29N5O. The summed E-state index contributed by atoms with van der Waals surface area (Å²) in [6, 6.07) is 8.39. The summed E-state index contributed by atoms with van der Waals surface area (Å²) >= 11 is 0. The summed E-state index contributed by atoms with van der Waals surface area (Å²) in [5.41, 5.74) is 1.80. The molecule has 28 heavy (non-hydrogen) atoms. The minimum absolute atomic E-state index is 0.127. The smallest absolute Gasteiger partial charge is 0.230 e. The summed E-state index contributed by atoms with van der Waals surface area (Å²) in [7, 11) is 0. The Morgan fingerprint density at radius 2 is 1.93 bits per heavy atom. The van der Waals surface area contributed by atoms with Crippen LogP contribution in [0.5, 0.6) is 0 Å². The summed E-state index contributed by atoms with van der Waals surface area (Å²) in [6.45, 7) is 4.44. The van der Waals surface area contributed by atoms with Gasteiger partial charge >= 0.3 is 0 Å². The van der Waals surface area contributed by atoms with Gasteiger partial charge in [0.1, 0.15) is 0 Å². The number of hydrogen-bond acceptors (Lipinski definition) is 4. The van der Waals surface area contributed by atoms with Gasteiger partial charge in [0.25, 0.3) is 0 Å². The maximum absolute atomic E-state index is 13.5. The van der Waals surface area contributed by atoms with Gasteiger partial charge in [-0.05, 0) is 85.6 Å². The van der Waals surface area contributed by atoms with E-state index in [-0.39, 0.29) is 16.9 Å². The molecule has 4 fully saturated rings. The van der Waals surface area contributed by atoms with E-state index in [4.69, 9.17) is 0 Å². The number of tetrazole rings is 1. The lowest BCUT2D eigenvalue weighted by Crippen LogP contribution is -2.60. The number of carbonyl (C=O) groups is 1. The maximum Gasteiger partial charge on any atom is 0.230 e. The molecule has 0 saturated heterocycles. The van der Waals surface area contributed by atoms with E-state index in [1.807, 2.05) is 4.80 Å². The van der Waals surface area contributed by atoms with Crippen LogP contribution in [0.3, 0.4) is 0 Å². The Morgan fingerprint density at radius 1 is 1.21 bits per heavy atom. The van der Waals surface area contributed by atoms with E-state index in [0.29, 0.717) is 17.8 Å². The zero-order valence-corrected chi connectivity index (χ0v) is 16.8. The molecule has 0 radical (unpaired) electrons. The second-order valence-corrected chi connectivity index (χ2v) is 9.58. The number of carbonyl (C=O) groups excluding carboxylic acids is 1. The molecule has 6 nitrogen and oxygen atoms in total. The highest BCUT2D eigenvalue weighted by Gasteiger charge is 2.62. The van der Waals surface area contributed by atoms with Crippen LogP contribution >= 0.6 is 0 Å². The van der Waals surface area contributed by atoms with Crippen LogP contribution in [0, 0.1) is 17.3 Å². The Balaban J connectivity index is 1.39. The Hall–Kier alpha value is -2.24. The summed E-state index contributed by atoms with van der Waals surface area (Å²) in [5, 5.41) is 15.8. The van der Waals surface area contributed by atoms with E-state index in [1.165, 1.54) is 18.3 Å². The van der Waals surface area contributed by atoms with Gasteiger partial charge in [-0.3, -0.25) is 4.79 Å². The third-order valence-corrected chi connectivity index (χ3v) is 7.64. The summed E-state index contributed by atoms with van der Waals surface area (Å²) in [4.78, 5) is 15.3. The van der Waals surface area contributed by atoms with Crippen molar-refractivity contribution in [2.75, 3.05) is 5.32 Å². The molecule has 1 N–H and O–H groups in total. The zero-order valence-electron chi connectivity index (χ0n) is 16.8. The predicted molar refractivity (Wildman–Crippen MR) is 107 cm³/mol. The SMILES string of the molecule is CC[C@H](C)c1ccc(NC(=O)C23C[C@@H]4C[C@@H](C2)CC(n2ncnn2)(C4)C3)cc1. The molecule has 1 aromatic carbocycles. The minimum Gasteiger partial charge on any atom is -0.326 e. The molecule has 0 spiro atoms. The number of anilines is 1. The average molecular weight is 380 g/mol. The molecule has 148 valence electrons. The molecule has 1 heterocycles. The first kappa shape index (κ1) is 17.8. The lowest BCUT2D eigenvalue weighted by Gasteiger charge is -2.60. The lowest BCUT2D eigenvalue weighted by molar-refractivity contribution is -0.152. The molecular weight excluding hydrogens is 350 g/mol. The Kier molecular flexibility index (Phi) is 4.07. The van der Waals surface area contributed by atoms with Crippen molar-refractivity contribution in [1.82, 2.24) is 20.2 Å². The number of amides is 1. The van der Waals surface area contributed by atoms with Crippen LogP contribution in [0.4, 0.5) is 5.69 Å². The Bertz CT molecular complexity index is 846. The molecule has 4 bridgehead atoms. The van der Waals surface area contributed by atoms with Crippen LogP contribution in [0.1, 0.15) is 70.3 Å². The van der Waals surface area contributed by atoms with Gasteiger partial charge in [-0.1, -0.05) is 26.0 Å². The molecule has 4 saturated carbocycles. The van der Waals surface area contributed by atoms with Gasteiger partial charge in [0, 0.05) is 5.69 Å². The summed E-state index contributed by atoms with van der Waals surface area (Å²) < 4.78 is 0. The van der Waals surface area contributed by atoms with Crippen LogP contribution in [0.25, 0.3) is 0 Å². The molecule has 0 unspecified atom stereocenters. The first-order valence-electron chi connectivity index (χ1n) is 10.7. The van der Waals surface area contributed by atoms with E-state index in [1.54, 1.807) is 0 Å². The third-order valence-electron chi connectivity index (χ3n) is 7.64. The first-order valence-corrected chi connectivity index (χ1v) is 10.7.